The molecule has 0 unspecified atom stereocenters. The van der Waals surface area contributed by atoms with Crippen LogP contribution in [0.5, 0.6) is 0 Å². The van der Waals surface area contributed by atoms with Crippen LogP contribution in [0.15, 0.2) is 22.7 Å². The standard InChI is InChI=1S/C11H11ClN2O/c12-7-4-10-9(14-6-7)5-11(15-10)8-2-1-3-13-8/h4-6,8,13H,1-3H2/t8-/m1/s1. The van der Waals surface area contributed by atoms with Gasteiger partial charge in [0.1, 0.15) is 11.3 Å². The van der Waals surface area contributed by atoms with Gasteiger partial charge < -0.3 is 9.73 Å². The summed E-state index contributed by atoms with van der Waals surface area (Å²) in [5.41, 5.74) is 1.65. The van der Waals surface area contributed by atoms with Crippen LogP contribution in [0.25, 0.3) is 11.1 Å². The molecule has 0 bridgehead atoms. The summed E-state index contributed by atoms with van der Waals surface area (Å²) in [5, 5.41) is 4.01. The Morgan fingerprint density at radius 1 is 1.47 bits per heavy atom. The molecule has 1 fully saturated rings. The van der Waals surface area contributed by atoms with E-state index in [1.165, 1.54) is 6.42 Å². The Hall–Kier alpha value is -1.06. The fourth-order valence-electron chi connectivity index (χ4n) is 2.01. The maximum atomic E-state index is 5.85. The minimum Gasteiger partial charge on any atom is -0.458 e. The Balaban J connectivity index is 2.05. The van der Waals surface area contributed by atoms with E-state index in [1.807, 2.05) is 12.1 Å². The Labute approximate surface area is 92.4 Å². The normalized spacial score (nSPS) is 21.3. The zero-order valence-electron chi connectivity index (χ0n) is 8.16. The summed E-state index contributed by atoms with van der Waals surface area (Å²) in [6.07, 6.45) is 3.98. The van der Waals surface area contributed by atoms with E-state index in [1.54, 1.807) is 6.20 Å². The number of nitrogens with one attached hydrogen (secondary N) is 1. The topological polar surface area (TPSA) is 38.1 Å². The molecule has 15 heavy (non-hydrogen) atoms. The van der Waals surface area contributed by atoms with Crippen molar-refractivity contribution in [2.24, 2.45) is 0 Å². The Morgan fingerprint density at radius 3 is 3.20 bits per heavy atom. The minimum absolute atomic E-state index is 0.345. The van der Waals surface area contributed by atoms with Crippen LogP contribution in [0.1, 0.15) is 24.6 Å². The monoisotopic (exact) mass is 222 g/mol. The summed E-state index contributed by atoms with van der Waals surface area (Å²) >= 11 is 5.85. The Kier molecular flexibility index (Phi) is 2.15. The molecule has 78 valence electrons. The molecule has 0 amide bonds. The van der Waals surface area contributed by atoms with Crippen LogP contribution in [0.3, 0.4) is 0 Å². The third-order valence-corrected chi connectivity index (χ3v) is 2.97. The third kappa shape index (κ3) is 1.62. The molecular weight excluding hydrogens is 212 g/mol. The van der Waals surface area contributed by atoms with E-state index in [0.29, 0.717) is 11.1 Å². The molecule has 1 saturated heterocycles. The second kappa shape index (κ2) is 3.51. The van der Waals surface area contributed by atoms with Crippen molar-refractivity contribution in [1.82, 2.24) is 10.3 Å². The van der Waals surface area contributed by atoms with E-state index in [2.05, 4.69) is 10.3 Å². The maximum absolute atomic E-state index is 5.85. The molecule has 0 saturated carbocycles. The lowest BCUT2D eigenvalue weighted by Gasteiger charge is -2.04. The van der Waals surface area contributed by atoms with Crippen molar-refractivity contribution in [3.05, 3.63) is 29.1 Å². The molecule has 1 aliphatic heterocycles. The number of fused-ring (bicyclic) bond motifs is 1. The van der Waals surface area contributed by atoms with Crippen molar-refractivity contribution in [2.45, 2.75) is 18.9 Å². The van der Waals surface area contributed by atoms with Crippen LogP contribution in [0, 0.1) is 0 Å². The zero-order valence-corrected chi connectivity index (χ0v) is 8.92. The average Bonchev–Trinajstić information content (AvgIpc) is 2.84. The molecule has 1 aliphatic rings. The van der Waals surface area contributed by atoms with Crippen molar-refractivity contribution in [3.8, 4) is 0 Å². The smallest absolute Gasteiger partial charge is 0.154 e. The molecule has 3 nitrogen and oxygen atoms in total. The quantitative estimate of drug-likeness (QED) is 0.806. The molecule has 0 aromatic carbocycles. The van der Waals surface area contributed by atoms with Crippen LogP contribution in [0.2, 0.25) is 5.02 Å². The first kappa shape index (κ1) is 9.19. The van der Waals surface area contributed by atoms with E-state index in [9.17, 15) is 0 Å². The van der Waals surface area contributed by atoms with Gasteiger partial charge in [0.25, 0.3) is 0 Å². The van der Waals surface area contributed by atoms with E-state index >= 15 is 0 Å². The van der Waals surface area contributed by atoms with Gasteiger partial charge in [0, 0.05) is 18.3 Å². The lowest BCUT2D eigenvalue weighted by atomic mass is 10.2. The van der Waals surface area contributed by atoms with Crippen LogP contribution in [-0.2, 0) is 0 Å². The van der Waals surface area contributed by atoms with Crippen LogP contribution in [-0.4, -0.2) is 11.5 Å². The molecule has 4 heteroatoms. The number of pyridine rings is 1. The summed E-state index contributed by atoms with van der Waals surface area (Å²) in [6, 6.07) is 4.15. The predicted octanol–water partition coefficient (Wildman–Crippen LogP) is 2.91. The van der Waals surface area contributed by atoms with E-state index in [-0.39, 0.29) is 0 Å². The molecule has 3 heterocycles. The fraction of sp³-hybridized carbons (Fsp3) is 0.364. The first-order valence-corrected chi connectivity index (χ1v) is 5.49. The van der Waals surface area contributed by atoms with Crippen LogP contribution in [0.4, 0.5) is 0 Å². The van der Waals surface area contributed by atoms with Gasteiger partial charge in [-0.15, -0.1) is 0 Å². The van der Waals surface area contributed by atoms with Gasteiger partial charge in [-0.3, -0.25) is 4.98 Å². The lowest BCUT2D eigenvalue weighted by Crippen LogP contribution is -2.11. The summed E-state index contributed by atoms with van der Waals surface area (Å²) in [4.78, 5) is 4.22. The number of nitrogens with zero attached hydrogens (tertiary/aromatic N) is 1. The van der Waals surface area contributed by atoms with E-state index in [4.69, 9.17) is 16.0 Å². The highest BCUT2D eigenvalue weighted by molar-refractivity contribution is 6.30. The van der Waals surface area contributed by atoms with Gasteiger partial charge in [-0.2, -0.15) is 0 Å². The summed E-state index contributed by atoms with van der Waals surface area (Å²) in [6.45, 7) is 1.07. The molecule has 1 atom stereocenters. The lowest BCUT2D eigenvalue weighted by molar-refractivity contribution is 0.471. The molecule has 0 aliphatic carbocycles. The summed E-state index contributed by atoms with van der Waals surface area (Å²) in [5.74, 6) is 0.970. The molecule has 1 N–H and O–H groups in total. The first-order valence-electron chi connectivity index (χ1n) is 5.11. The molecule has 0 radical (unpaired) electrons. The van der Waals surface area contributed by atoms with Crippen molar-refractivity contribution in [3.63, 3.8) is 0 Å². The number of hydrogen-bond acceptors (Lipinski definition) is 3. The fourth-order valence-corrected chi connectivity index (χ4v) is 2.16. The van der Waals surface area contributed by atoms with E-state index < -0.39 is 0 Å². The first-order chi connectivity index (χ1) is 7.33. The molecule has 3 rings (SSSR count). The van der Waals surface area contributed by atoms with Crippen LogP contribution < -0.4 is 5.32 Å². The second-order valence-corrected chi connectivity index (χ2v) is 4.27. The zero-order chi connectivity index (χ0) is 10.3. The van der Waals surface area contributed by atoms with E-state index in [0.717, 1.165) is 29.8 Å². The molecule has 2 aromatic rings. The molecular formula is C11H11ClN2O. The van der Waals surface area contributed by atoms with Crippen molar-refractivity contribution in [1.29, 1.82) is 0 Å². The average molecular weight is 223 g/mol. The van der Waals surface area contributed by atoms with Gasteiger partial charge >= 0.3 is 0 Å². The van der Waals surface area contributed by atoms with Crippen molar-refractivity contribution >= 4 is 22.7 Å². The highest BCUT2D eigenvalue weighted by Crippen LogP contribution is 2.28. The van der Waals surface area contributed by atoms with Gasteiger partial charge in [-0.05, 0) is 19.4 Å². The number of aromatic nitrogens is 1. The van der Waals surface area contributed by atoms with Crippen molar-refractivity contribution < 1.29 is 4.42 Å². The minimum atomic E-state index is 0.345. The number of rotatable bonds is 1. The third-order valence-electron chi connectivity index (χ3n) is 2.76. The van der Waals surface area contributed by atoms with Gasteiger partial charge in [0.05, 0.1) is 11.1 Å². The highest BCUT2D eigenvalue weighted by Gasteiger charge is 2.20. The van der Waals surface area contributed by atoms with Crippen molar-refractivity contribution in [2.75, 3.05) is 6.54 Å². The van der Waals surface area contributed by atoms with Crippen LogP contribution >= 0.6 is 11.6 Å². The molecule has 0 spiro atoms. The number of furan rings is 1. The largest absolute Gasteiger partial charge is 0.458 e. The summed E-state index contributed by atoms with van der Waals surface area (Å²) < 4.78 is 5.72. The number of halogens is 1. The highest BCUT2D eigenvalue weighted by atomic mass is 35.5. The SMILES string of the molecule is Clc1cnc2cc([C@H]3CCCN3)oc2c1. The van der Waals surface area contributed by atoms with Gasteiger partial charge in [0.2, 0.25) is 0 Å². The van der Waals surface area contributed by atoms with Gasteiger partial charge in [-0.1, -0.05) is 11.6 Å². The Bertz CT molecular complexity index is 488. The second-order valence-electron chi connectivity index (χ2n) is 3.83. The maximum Gasteiger partial charge on any atom is 0.154 e. The molecule has 2 aromatic heterocycles. The van der Waals surface area contributed by atoms with Gasteiger partial charge in [0.15, 0.2) is 5.58 Å². The Morgan fingerprint density at radius 2 is 2.40 bits per heavy atom. The van der Waals surface area contributed by atoms with Gasteiger partial charge in [-0.25, -0.2) is 0 Å². The summed E-state index contributed by atoms with van der Waals surface area (Å²) in [7, 11) is 0. The number of hydrogen-bond donors (Lipinski definition) is 1. The predicted molar refractivity (Wildman–Crippen MR) is 59.0 cm³/mol.